The molecule has 2 aromatic rings. The predicted molar refractivity (Wildman–Crippen MR) is 84.8 cm³/mol. The Bertz CT molecular complexity index is 690. The number of nitrogens with one attached hydrogen (secondary N) is 1. The first-order valence-electron chi connectivity index (χ1n) is 8.01. The van der Waals surface area contributed by atoms with Gasteiger partial charge >= 0.3 is 0 Å². The Morgan fingerprint density at radius 2 is 2.26 bits per heavy atom. The molecule has 1 N–H and O–H groups in total. The van der Waals surface area contributed by atoms with Crippen LogP contribution in [-0.2, 0) is 13.6 Å². The second kappa shape index (κ2) is 6.54. The van der Waals surface area contributed by atoms with Crippen molar-refractivity contribution in [3.05, 3.63) is 35.2 Å². The number of likely N-dealkylation sites (tertiary alicyclic amines) is 1. The minimum atomic E-state index is -0.0603. The summed E-state index contributed by atoms with van der Waals surface area (Å²) in [6.45, 7) is 3.47. The number of nitrogens with zero attached hydrogens (tertiary/aromatic N) is 4. The van der Waals surface area contributed by atoms with Crippen molar-refractivity contribution < 1.29 is 9.32 Å². The Morgan fingerprint density at radius 1 is 1.43 bits per heavy atom. The number of carbonyl (C=O) groups excluding carboxylic acids is 1. The first-order chi connectivity index (χ1) is 11.1. The smallest absolute Gasteiger partial charge is 0.267 e. The SMILES string of the molecule is CNC(=O)c1ccc([C@@H]2CCCCN2Cc2noc(C)n2)n1C. The fourth-order valence-corrected chi connectivity index (χ4v) is 3.32. The van der Waals surface area contributed by atoms with E-state index in [1.165, 1.54) is 12.8 Å². The lowest BCUT2D eigenvalue weighted by molar-refractivity contribution is 0.0952. The number of piperidine rings is 1. The van der Waals surface area contributed by atoms with Crippen molar-refractivity contribution in [2.45, 2.75) is 38.8 Å². The molecule has 124 valence electrons. The summed E-state index contributed by atoms with van der Waals surface area (Å²) in [4.78, 5) is 18.6. The third-order valence-corrected chi connectivity index (χ3v) is 4.49. The molecule has 3 heterocycles. The van der Waals surface area contributed by atoms with Gasteiger partial charge < -0.3 is 14.4 Å². The number of hydrogen-bond acceptors (Lipinski definition) is 5. The predicted octanol–water partition coefficient (Wildman–Crippen LogP) is 1.80. The van der Waals surface area contributed by atoms with Crippen molar-refractivity contribution in [2.24, 2.45) is 7.05 Å². The average molecular weight is 317 g/mol. The largest absolute Gasteiger partial charge is 0.354 e. The zero-order chi connectivity index (χ0) is 16.4. The highest BCUT2D eigenvalue weighted by molar-refractivity contribution is 5.92. The zero-order valence-electron chi connectivity index (χ0n) is 13.9. The molecular formula is C16H23N5O2. The molecule has 0 radical (unpaired) electrons. The van der Waals surface area contributed by atoms with E-state index >= 15 is 0 Å². The summed E-state index contributed by atoms with van der Waals surface area (Å²) >= 11 is 0. The molecule has 0 aromatic carbocycles. The third-order valence-electron chi connectivity index (χ3n) is 4.49. The molecule has 1 aliphatic rings. The molecule has 7 nitrogen and oxygen atoms in total. The van der Waals surface area contributed by atoms with Crippen molar-refractivity contribution in [3.8, 4) is 0 Å². The second-order valence-corrected chi connectivity index (χ2v) is 5.99. The number of amides is 1. The second-order valence-electron chi connectivity index (χ2n) is 5.99. The minimum Gasteiger partial charge on any atom is -0.354 e. The Labute approximate surface area is 135 Å². The van der Waals surface area contributed by atoms with E-state index in [4.69, 9.17) is 4.52 Å². The van der Waals surface area contributed by atoms with Gasteiger partial charge in [-0.05, 0) is 31.5 Å². The number of aromatic nitrogens is 3. The van der Waals surface area contributed by atoms with Crippen LogP contribution in [0.2, 0.25) is 0 Å². The lowest BCUT2D eigenvalue weighted by Crippen LogP contribution is -2.34. The normalized spacial score (nSPS) is 19.0. The molecule has 1 atom stereocenters. The average Bonchev–Trinajstić information content (AvgIpc) is 3.13. The van der Waals surface area contributed by atoms with Gasteiger partial charge in [-0.25, -0.2) is 0 Å². The van der Waals surface area contributed by atoms with Gasteiger partial charge in [-0.15, -0.1) is 0 Å². The maximum Gasteiger partial charge on any atom is 0.267 e. The quantitative estimate of drug-likeness (QED) is 0.930. The maximum absolute atomic E-state index is 11.9. The van der Waals surface area contributed by atoms with E-state index < -0.39 is 0 Å². The molecule has 0 bridgehead atoms. The summed E-state index contributed by atoms with van der Waals surface area (Å²) in [6, 6.07) is 4.21. The molecule has 3 rings (SSSR count). The van der Waals surface area contributed by atoms with Crippen LogP contribution in [0.1, 0.15) is 53.2 Å². The highest BCUT2D eigenvalue weighted by Crippen LogP contribution is 2.32. The first kappa shape index (κ1) is 15.7. The number of rotatable bonds is 4. The zero-order valence-corrected chi connectivity index (χ0v) is 13.9. The van der Waals surface area contributed by atoms with Gasteiger partial charge in [-0.3, -0.25) is 9.69 Å². The molecule has 1 aliphatic heterocycles. The van der Waals surface area contributed by atoms with Crippen LogP contribution in [-0.4, -0.2) is 39.1 Å². The maximum atomic E-state index is 11.9. The van der Waals surface area contributed by atoms with E-state index in [2.05, 4.69) is 26.4 Å². The van der Waals surface area contributed by atoms with E-state index in [1.807, 2.05) is 17.7 Å². The lowest BCUT2D eigenvalue weighted by Gasteiger charge is -2.35. The molecule has 0 unspecified atom stereocenters. The fraction of sp³-hybridized carbons (Fsp3) is 0.562. The number of hydrogen-bond donors (Lipinski definition) is 1. The highest BCUT2D eigenvalue weighted by Gasteiger charge is 2.28. The van der Waals surface area contributed by atoms with Crippen LogP contribution in [0.25, 0.3) is 0 Å². The van der Waals surface area contributed by atoms with Crippen molar-refractivity contribution in [1.29, 1.82) is 0 Å². The van der Waals surface area contributed by atoms with Crippen LogP contribution in [0, 0.1) is 6.92 Å². The van der Waals surface area contributed by atoms with Crippen molar-refractivity contribution in [1.82, 2.24) is 24.9 Å². The van der Waals surface area contributed by atoms with Gasteiger partial charge in [0.1, 0.15) is 5.69 Å². The molecule has 1 fully saturated rings. The van der Waals surface area contributed by atoms with Crippen LogP contribution >= 0.6 is 0 Å². The van der Waals surface area contributed by atoms with Crippen LogP contribution in [0.5, 0.6) is 0 Å². The van der Waals surface area contributed by atoms with Crippen molar-refractivity contribution >= 4 is 5.91 Å². The Morgan fingerprint density at radius 3 is 2.96 bits per heavy atom. The molecule has 2 aromatic heterocycles. The van der Waals surface area contributed by atoms with E-state index in [-0.39, 0.29) is 11.9 Å². The van der Waals surface area contributed by atoms with Gasteiger partial charge in [0.2, 0.25) is 5.89 Å². The van der Waals surface area contributed by atoms with E-state index in [0.717, 1.165) is 24.5 Å². The molecular weight excluding hydrogens is 294 g/mol. The van der Waals surface area contributed by atoms with Gasteiger partial charge in [-0.1, -0.05) is 11.6 Å². The molecule has 23 heavy (non-hydrogen) atoms. The molecule has 0 spiro atoms. The summed E-state index contributed by atoms with van der Waals surface area (Å²) in [5.74, 6) is 1.25. The third kappa shape index (κ3) is 3.14. The molecule has 1 amide bonds. The fourth-order valence-electron chi connectivity index (χ4n) is 3.32. The van der Waals surface area contributed by atoms with Crippen molar-refractivity contribution in [3.63, 3.8) is 0 Å². The number of carbonyl (C=O) groups is 1. The van der Waals surface area contributed by atoms with Crippen molar-refractivity contribution in [2.75, 3.05) is 13.6 Å². The molecule has 7 heteroatoms. The molecule has 0 saturated carbocycles. The topological polar surface area (TPSA) is 76.2 Å². The summed E-state index contributed by atoms with van der Waals surface area (Å²) < 4.78 is 7.06. The number of aryl methyl sites for hydroxylation is 1. The van der Waals surface area contributed by atoms with Crippen LogP contribution in [0.3, 0.4) is 0 Å². The van der Waals surface area contributed by atoms with Gasteiger partial charge in [0.15, 0.2) is 5.82 Å². The monoisotopic (exact) mass is 317 g/mol. The Hall–Kier alpha value is -2.15. The standard InChI is InChI=1S/C16H23N5O2/c1-11-18-15(19-23-11)10-21-9-5-4-6-13(21)12-7-8-14(20(12)3)16(22)17-2/h7-8,13H,4-6,9-10H2,1-3H3,(H,17,22)/t13-/m0/s1. The van der Waals surface area contributed by atoms with Gasteiger partial charge in [0.05, 0.1) is 12.6 Å². The van der Waals surface area contributed by atoms with Gasteiger partial charge in [-0.2, -0.15) is 4.98 Å². The molecule has 0 aliphatic carbocycles. The van der Waals surface area contributed by atoms with Gasteiger partial charge in [0.25, 0.3) is 5.91 Å². The van der Waals surface area contributed by atoms with Crippen LogP contribution < -0.4 is 5.32 Å². The molecule has 1 saturated heterocycles. The van der Waals surface area contributed by atoms with Crippen LogP contribution in [0.4, 0.5) is 0 Å². The highest BCUT2D eigenvalue weighted by atomic mass is 16.5. The van der Waals surface area contributed by atoms with Gasteiger partial charge in [0, 0.05) is 26.7 Å². The minimum absolute atomic E-state index is 0.0603. The lowest BCUT2D eigenvalue weighted by atomic mass is 9.99. The summed E-state index contributed by atoms with van der Waals surface area (Å²) in [6.07, 6.45) is 3.43. The summed E-state index contributed by atoms with van der Waals surface area (Å²) in [5.41, 5.74) is 1.84. The summed E-state index contributed by atoms with van der Waals surface area (Å²) in [7, 11) is 3.60. The summed E-state index contributed by atoms with van der Waals surface area (Å²) in [5, 5.41) is 6.69. The first-order valence-corrected chi connectivity index (χ1v) is 8.01. The van der Waals surface area contributed by atoms with E-state index in [1.54, 1.807) is 14.0 Å². The Kier molecular flexibility index (Phi) is 4.47. The van der Waals surface area contributed by atoms with Crippen LogP contribution in [0.15, 0.2) is 16.7 Å². The Balaban J connectivity index is 1.84. The van der Waals surface area contributed by atoms with E-state index in [9.17, 15) is 4.79 Å². The van der Waals surface area contributed by atoms with E-state index in [0.29, 0.717) is 18.1 Å².